The molecule has 21 heavy (non-hydrogen) atoms. The highest BCUT2D eigenvalue weighted by atomic mass is 16.3. The van der Waals surface area contributed by atoms with Crippen LogP contribution in [0.25, 0.3) is 11.0 Å². The van der Waals surface area contributed by atoms with Gasteiger partial charge < -0.3 is 10.4 Å². The molecule has 6 nitrogen and oxygen atoms in total. The quantitative estimate of drug-likeness (QED) is 0.825. The van der Waals surface area contributed by atoms with Gasteiger partial charge in [-0.2, -0.15) is 0 Å². The second-order valence-corrected chi connectivity index (χ2v) is 5.25. The number of aliphatic hydroxyl groups is 1. The van der Waals surface area contributed by atoms with Crippen molar-refractivity contribution < 1.29 is 9.90 Å². The number of amides is 1. The summed E-state index contributed by atoms with van der Waals surface area (Å²) in [5, 5.41) is 20.2. The van der Waals surface area contributed by atoms with E-state index in [1.165, 1.54) is 0 Å². The minimum Gasteiger partial charge on any atom is -0.396 e. The van der Waals surface area contributed by atoms with E-state index in [1.807, 2.05) is 25.1 Å². The molecule has 3 rings (SSSR count). The van der Waals surface area contributed by atoms with Crippen LogP contribution in [0.3, 0.4) is 0 Å². The number of carbonyl (C=O) groups excluding carboxylic acids is 1. The SMILES string of the molecule is CCn1nnc2cc(C(=O)N[C@@H]3C=C[C@H](CO)C3)ccc21. The van der Waals surface area contributed by atoms with E-state index in [0.717, 1.165) is 24.0 Å². The Bertz CT molecular complexity index is 692. The van der Waals surface area contributed by atoms with Gasteiger partial charge in [0.05, 0.1) is 5.52 Å². The molecule has 0 aliphatic heterocycles. The summed E-state index contributed by atoms with van der Waals surface area (Å²) in [6, 6.07) is 5.40. The summed E-state index contributed by atoms with van der Waals surface area (Å²) in [5.41, 5.74) is 2.22. The van der Waals surface area contributed by atoms with E-state index in [1.54, 1.807) is 16.8 Å². The van der Waals surface area contributed by atoms with Crippen molar-refractivity contribution in [1.29, 1.82) is 0 Å². The minimum atomic E-state index is -0.129. The number of rotatable bonds is 4. The van der Waals surface area contributed by atoms with Gasteiger partial charge in [-0.05, 0) is 31.5 Å². The first kappa shape index (κ1) is 13.8. The highest BCUT2D eigenvalue weighted by Crippen LogP contribution is 2.18. The van der Waals surface area contributed by atoms with Gasteiger partial charge in [0, 0.05) is 30.7 Å². The average molecular weight is 286 g/mol. The zero-order valence-corrected chi connectivity index (χ0v) is 11.9. The van der Waals surface area contributed by atoms with Gasteiger partial charge in [-0.1, -0.05) is 17.4 Å². The Morgan fingerprint density at radius 3 is 3.05 bits per heavy atom. The van der Waals surface area contributed by atoms with Gasteiger partial charge >= 0.3 is 0 Å². The summed E-state index contributed by atoms with van der Waals surface area (Å²) >= 11 is 0. The molecule has 2 aromatic rings. The molecule has 2 atom stereocenters. The van der Waals surface area contributed by atoms with E-state index in [2.05, 4.69) is 15.6 Å². The number of nitrogens with one attached hydrogen (secondary N) is 1. The topological polar surface area (TPSA) is 80.0 Å². The van der Waals surface area contributed by atoms with E-state index < -0.39 is 0 Å². The lowest BCUT2D eigenvalue weighted by Gasteiger charge is -2.12. The van der Waals surface area contributed by atoms with Gasteiger partial charge in [0.2, 0.25) is 0 Å². The molecule has 0 bridgehead atoms. The van der Waals surface area contributed by atoms with Gasteiger partial charge in [0.25, 0.3) is 5.91 Å². The Kier molecular flexibility index (Phi) is 3.70. The molecule has 0 fully saturated rings. The highest BCUT2D eigenvalue weighted by Gasteiger charge is 2.20. The number of aromatic nitrogens is 3. The largest absolute Gasteiger partial charge is 0.396 e. The second-order valence-electron chi connectivity index (χ2n) is 5.25. The number of hydrogen-bond acceptors (Lipinski definition) is 4. The van der Waals surface area contributed by atoms with E-state index in [-0.39, 0.29) is 24.5 Å². The zero-order chi connectivity index (χ0) is 14.8. The third-order valence-corrected chi connectivity index (χ3v) is 3.80. The predicted molar refractivity (Wildman–Crippen MR) is 78.8 cm³/mol. The molecular formula is C15H18N4O2. The number of carbonyl (C=O) groups is 1. The van der Waals surface area contributed by atoms with Crippen molar-refractivity contribution in [2.45, 2.75) is 25.9 Å². The first-order valence-corrected chi connectivity index (χ1v) is 7.14. The lowest BCUT2D eigenvalue weighted by Crippen LogP contribution is -2.32. The van der Waals surface area contributed by atoms with Gasteiger partial charge in [-0.15, -0.1) is 5.10 Å². The number of benzene rings is 1. The molecule has 1 amide bonds. The molecule has 2 N–H and O–H groups in total. The van der Waals surface area contributed by atoms with Crippen molar-refractivity contribution in [2.75, 3.05) is 6.61 Å². The number of hydrogen-bond donors (Lipinski definition) is 2. The summed E-state index contributed by atoms with van der Waals surface area (Å²) in [5.74, 6) is 0.0124. The van der Waals surface area contributed by atoms with Crippen LogP contribution in [0.15, 0.2) is 30.4 Å². The average Bonchev–Trinajstić information content (AvgIpc) is 3.12. The van der Waals surface area contributed by atoms with Crippen molar-refractivity contribution in [3.05, 3.63) is 35.9 Å². The summed E-state index contributed by atoms with van der Waals surface area (Å²) in [6.45, 7) is 2.87. The fourth-order valence-corrected chi connectivity index (χ4v) is 2.62. The summed E-state index contributed by atoms with van der Waals surface area (Å²) in [6.07, 6.45) is 4.63. The molecule has 1 heterocycles. The standard InChI is InChI=1S/C15H18N4O2/c1-2-19-14-6-4-11(8-13(14)17-18-19)15(21)16-12-5-3-10(7-12)9-20/h3-6,8,10,12,20H,2,7,9H2,1H3,(H,16,21)/t10-,12+/m0/s1. The summed E-state index contributed by atoms with van der Waals surface area (Å²) in [7, 11) is 0. The Hall–Kier alpha value is -2.21. The first-order valence-electron chi connectivity index (χ1n) is 7.14. The van der Waals surface area contributed by atoms with Crippen LogP contribution in [0.5, 0.6) is 0 Å². The Balaban J connectivity index is 1.74. The third-order valence-electron chi connectivity index (χ3n) is 3.80. The van der Waals surface area contributed by atoms with E-state index >= 15 is 0 Å². The fraction of sp³-hybridized carbons (Fsp3) is 0.400. The Morgan fingerprint density at radius 1 is 1.48 bits per heavy atom. The fourth-order valence-electron chi connectivity index (χ4n) is 2.62. The number of aliphatic hydroxyl groups excluding tert-OH is 1. The second kappa shape index (κ2) is 5.65. The van der Waals surface area contributed by atoms with Crippen LogP contribution < -0.4 is 5.32 Å². The number of fused-ring (bicyclic) bond motifs is 1. The molecule has 0 saturated carbocycles. The van der Waals surface area contributed by atoms with Crippen molar-refractivity contribution >= 4 is 16.9 Å². The smallest absolute Gasteiger partial charge is 0.251 e. The van der Waals surface area contributed by atoms with Crippen LogP contribution in [-0.4, -0.2) is 38.7 Å². The van der Waals surface area contributed by atoms with Crippen LogP contribution >= 0.6 is 0 Å². The van der Waals surface area contributed by atoms with Crippen molar-refractivity contribution in [3.8, 4) is 0 Å². The molecule has 1 aliphatic carbocycles. The first-order chi connectivity index (χ1) is 10.2. The molecule has 6 heteroatoms. The lowest BCUT2D eigenvalue weighted by molar-refractivity contribution is 0.0941. The predicted octanol–water partition coefficient (Wildman–Crippen LogP) is 1.12. The summed E-state index contributed by atoms with van der Waals surface area (Å²) in [4.78, 5) is 12.3. The van der Waals surface area contributed by atoms with Crippen molar-refractivity contribution in [2.24, 2.45) is 5.92 Å². The van der Waals surface area contributed by atoms with Crippen LogP contribution in [0.1, 0.15) is 23.7 Å². The molecule has 1 aromatic carbocycles. The van der Waals surface area contributed by atoms with Crippen LogP contribution in [0.2, 0.25) is 0 Å². The molecule has 1 aliphatic rings. The molecular weight excluding hydrogens is 268 g/mol. The number of aryl methyl sites for hydroxylation is 1. The van der Waals surface area contributed by atoms with E-state index in [4.69, 9.17) is 5.11 Å². The molecule has 110 valence electrons. The lowest BCUT2D eigenvalue weighted by atomic mass is 10.1. The highest BCUT2D eigenvalue weighted by molar-refractivity contribution is 5.97. The third kappa shape index (κ3) is 2.67. The maximum Gasteiger partial charge on any atom is 0.251 e. The molecule has 0 saturated heterocycles. The molecule has 1 aromatic heterocycles. The molecule has 0 unspecified atom stereocenters. The van der Waals surface area contributed by atoms with Crippen molar-refractivity contribution in [1.82, 2.24) is 20.3 Å². The minimum absolute atomic E-state index is 0.0170. The zero-order valence-electron chi connectivity index (χ0n) is 11.9. The van der Waals surface area contributed by atoms with Gasteiger partial charge in [-0.25, -0.2) is 4.68 Å². The molecule has 0 spiro atoms. The maximum absolute atomic E-state index is 12.3. The van der Waals surface area contributed by atoms with Gasteiger partial charge in [0.15, 0.2) is 0 Å². The molecule has 0 radical (unpaired) electrons. The number of nitrogens with zero attached hydrogens (tertiary/aromatic N) is 3. The maximum atomic E-state index is 12.3. The van der Waals surface area contributed by atoms with Crippen LogP contribution in [0, 0.1) is 5.92 Å². The normalized spacial score (nSPS) is 21.0. The van der Waals surface area contributed by atoms with Gasteiger partial charge in [-0.3, -0.25) is 4.79 Å². The van der Waals surface area contributed by atoms with E-state index in [9.17, 15) is 4.79 Å². The Morgan fingerprint density at radius 2 is 2.33 bits per heavy atom. The van der Waals surface area contributed by atoms with Gasteiger partial charge in [0.1, 0.15) is 5.52 Å². The van der Waals surface area contributed by atoms with Crippen molar-refractivity contribution in [3.63, 3.8) is 0 Å². The summed E-state index contributed by atoms with van der Waals surface area (Å²) < 4.78 is 1.79. The van der Waals surface area contributed by atoms with Crippen LogP contribution in [-0.2, 0) is 6.54 Å². The van der Waals surface area contributed by atoms with Crippen LogP contribution in [0.4, 0.5) is 0 Å². The van der Waals surface area contributed by atoms with E-state index in [0.29, 0.717) is 5.56 Å². The monoisotopic (exact) mass is 286 g/mol. The Labute approximate surface area is 122 Å².